The van der Waals surface area contributed by atoms with E-state index in [2.05, 4.69) is 5.10 Å². The van der Waals surface area contributed by atoms with Crippen molar-refractivity contribution in [1.82, 2.24) is 14.7 Å². The first-order chi connectivity index (χ1) is 13.4. The molecule has 1 amide bonds. The van der Waals surface area contributed by atoms with Crippen LogP contribution in [0.15, 0.2) is 18.2 Å². The van der Waals surface area contributed by atoms with Gasteiger partial charge in [-0.3, -0.25) is 9.59 Å². The van der Waals surface area contributed by atoms with E-state index in [1.165, 1.54) is 6.07 Å². The molecule has 0 aliphatic heterocycles. The third kappa shape index (κ3) is 3.30. The van der Waals surface area contributed by atoms with Crippen LogP contribution in [-0.2, 0) is 17.6 Å². The molecule has 28 heavy (non-hydrogen) atoms. The molecular formula is C21H24FN3O3. The Morgan fingerprint density at radius 2 is 2.11 bits per heavy atom. The van der Waals surface area contributed by atoms with Gasteiger partial charge >= 0.3 is 5.97 Å². The molecule has 0 saturated heterocycles. The molecule has 2 aromatic rings. The van der Waals surface area contributed by atoms with Gasteiger partial charge in [0.15, 0.2) is 5.69 Å². The van der Waals surface area contributed by atoms with Crippen molar-refractivity contribution >= 4 is 11.9 Å². The van der Waals surface area contributed by atoms with Crippen LogP contribution >= 0.6 is 0 Å². The number of aromatic nitrogens is 2. The third-order valence-electron chi connectivity index (χ3n) is 5.60. The Balaban J connectivity index is 1.72. The fraction of sp³-hybridized carbons (Fsp3) is 0.476. The number of aliphatic carboxylic acids is 1. The first kappa shape index (κ1) is 18.7. The maximum Gasteiger partial charge on any atom is 0.308 e. The van der Waals surface area contributed by atoms with Gasteiger partial charge < -0.3 is 10.0 Å². The molecule has 1 heterocycles. The van der Waals surface area contributed by atoms with E-state index >= 15 is 0 Å². The molecule has 0 bridgehead atoms. The van der Waals surface area contributed by atoms with E-state index in [1.807, 2.05) is 13.0 Å². The number of carboxylic acids is 1. The predicted molar refractivity (Wildman–Crippen MR) is 101 cm³/mol. The number of fused-ring (bicyclic) bond motifs is 1. The average Bonchev–Trinajstić information content (AvgIpc) is 3.25. The zero-order valence-corrected chi connectivity index (χ0v) is 16.1. The van der Waals surface area contributed by atoms with Crippen LogP contribution in [-0.4, -0.2) is 44.3 Å². The van der Waals surface area contributed by atoms with Gasteiger partial charge in [0, 0.05) is 23.8 Å². The van der Waals surface area contributed by atoms with Crippen LogP contribution in [0.2, 0.25) is 0 Å². The lowest BCUT2D eigenvalue weighted by atomic mass is 10.1. The van der Waals surface area contributed by atoms with E-state index in [4.69, 9.17) is 0 Å². The molecule has 1 fully saturated rings. The highest BCUT2D eigenvalue weighted by Crippen LogP contribution is 2.33. The normalized spacial score (nSPS) is 16.7. The fourth-order valence-corrected chi connectivity index (χ4v) is 3.89. The molecule has 4 rings (SSSR count). The summed E-state index contributed by atoms with van der Waals surface area (Å²) in [6, 6.07) is 5.06. The Morgan fingerprint density at radius 1 is 1.36 bits per heavy atom. The number of hydrogen-bond acceptors (Lipinski definition) is 3. The van der Waals surface area contributed by atoms with Crippen LogP contribution in [0.3, 0.4) is 0 Å². The highest BCUT2D eigenvalue weighted by atomic mass is 19.1. The van der Waals surface area contributed by atoms with Crippen molar-refractivity contribution in [3.8, 4) is 5.69 Å². The standard InChI is InChI=1S/C21H24FN3O3/c1-12-6-9-18(16(22)10-12)25-17-5-3-4-15(17)19(23-25)20(26)24(14-7-8-14)11-13(2)21(27)28/h6,9-10,13-14H,3-5,7-8,11H2,1-2H3,(H,27,28). The summed E-state index contributed by atoms with van der Waals surface area (Å²) in [6.45, 7) is 3.60. The largest absolute Gasteiger partial charge is 0.481 e. The molecule has 1 unspecified atom stereocenters. The van der Waals surface area contributed by atoms with Gasteiger partial charge in [-0.05, 0) is 56.7 Å². The van der Waals surface area contributed by atoms with E-state index in [1.54, 1.807) is 22.6 Å². The van der Waals surface area contributed by atoms with Crippen molar-refractivity contribution in [3.05, 3.63) is 46.5 Å². The summed E-state index contributed by atoms with van der Waals surface area (Å²) in [4.78, 5) is 26.2. The molecule has 1 N–H and O–H groups in total. The van der Waals surface area contributed by atoms with Gasteiger partial charge in [-0.2, -0.15) is 5.10 Å². The van der Waals surface area contributed by atoms with E-state index in [0.29, 0.717) is 11.4 Å². The number of aryl methyl sites for hydroxylation is 1. The van der Waals surface area contributed by atoms with Crippen LogP contribution < -0.4 is 0 Å². The van der Waals surface area contributed by atoms with Crippen molar-refractivity contribution in [2.24, 2.45) is 5.92 Å². The van der Waals surface area contributed by atoms with Crippen molar-refractivity contribution < 1.29 is 19.1 Å². The molecule has 0 radical (unpaired) electrons. The number of hydrogen-bond donors (Lipinski definition) is 1. The number of rotatable bonds is 6. The van der Waals surface area contributed by atoms with E-state index in [-0.39, 0.29) is 24.3 Å². The molecule has 1 atom stereocenters. The van der Waals surface area contributed by atoms with Crippen molar-refractivity contribution in [2.75, 3.05) is 6.54 Å². The number of nitrogens with zero attached hydrogens (tertiary/aromatic N) is 3. The Kier molecular flexibility index (Phi) is 4.69. The van der Waals surface area contributed by atoms with E-state index in [9.17, 15) is 19.1 Å². The van der Waals surface area contributed by atoms with Crippen molar-refractivity contribution in [2.45, 2.75) is 52.0 Å². The second-order valence-corrected chi connectivity index (χ2v) is 7.92. The Labute approximate surface area is 163 Å². The lowest BCUT2D eigenvalue weighted by molar-refractivity contribution is -0.141. The molecule has 2 aliphatic rings. The van der Waals surface area contributed by atoms with E-state index in [0.717, 1.165) is 48.9 Å². The average molecular weight is 385 g/mol. The summed E-state index contributed by atoms with van der Waals surface area (Å²) < 4.78 is 16.1. The minimum absolute atomic E-state index is 0.0765. The molecule has 0 spiro atoms. The SMILES string of the molecule is Cc1ccc(-n2nc(C(=O)N(CC(C)C(=O)O)C3CC3)c3c2CCC3)c(F)c1. The van der Waals surface area contributed by atoms with Gasteiger partial charge in [0.1, 0.15) is 11.5 Å². The zero-order valence-electron chi connectivity index (χ0n) is 16.1. The van der Waals surface area contributed by atoms with Crippen LogP contribution in [0.4, 0.5) is 4.39 Å². The van der Waals surface area contributed by atoms with Crippen molar-refractivity contribution in [1.29, 1.82) is 0 Å². The molecule has 1 aromatic carbocycles. The van der Waals surface area contributed by atoms with Crippen LogP contribution in [0.25, 0.3) is 5.69 Å². The molecule has 6 nitrogen and oxygen atoms in total. The quantitative estimate of drug-likeness (QED) is 0.829. The number of halogens is 1. The minimum atomic E-state index is -0.920. The molecule has 7 heteroatoms. The smallest absolute Gasteiger partial charge is 0.308 e. The topological polar surface area (TPSA) is 75.4 Å². The van der Waals surface area contributed by atoms with E-state index < -0.39 is 11.9 Å². The fourth-order valence-electron chi connectivity index (χ4n) is 3.89. The molecular weight excluding hydrogens is 361 g/mol. The maximum absolute atomic E-state index is 14.6. The molecule has 148 valence electrons. The summed E-state index contributed by atoms with van der Waals surface area (Å²) in [7, 11) is 0. The molecule has 1 saturated carbocycles. The monoisotopic (exact) mass is 385 g/mol. The zero-order chi connectivity index (χ0) is 20.0. The number of carboxylic acid groups (broad SMARTS) is 1. The van der Waals surface area contributed by atoms with Crippen LogP contribution in [0.1, 0.15) is 53.5 Å². The Bertz CT molecular complexity index is 949. The van der Waals surface area contributed by atoms with Crippen LogP contribution in [0, 0.1) is 18.7 Å². The summed E-state index contributed by atoms with van der Waals surface area (Å²) in [5.74, 6) is -2.17. The first-order valence-electron chi connectivity index (χ1n) is 9.78. The van der Waals surface area contributed by atoms with Crippen molar-refractivity contribution in [3.63, 3.8) is 0 Å². The summed E-state index contributed by atoms with van der Waals surface area (Å²) in [5, 5.41) is 13.8. The lowest BCUT2D eigenvalue weighted by Crippen LogP contribution is -2.39. The van der Waals surface area contributed by atoms with Gasteiger partial charge in [0.25, 0.3) is 5.91 Å². The van der Waals surface area contributed by atoms with Gasteiger partial charge in [-0.1, -0.05) is 13.0 Å². The second kappa shape index (κ2) is 7.04. The van der Waals surface area contributed by atoms with Crippen LogP contribution in [0.5, 0.6) is 0 Å². The second-order valence-electron chi connectivity index (χ2n) is 7.92. The van der Waals surface area contributed by atoms with Gasteiger partial charge in [-0.15, -0.1) is 0 Å². The van der Waals surface area contributed by atoms with Gasteiger partial charge in [-0.25, -0.2) is 9.07 Å². The maximum atomic E-state index is 14.6. The first-order valence-corrected chi connectivity index (χ1v) is 9.78. The van der Waals surface area contributed by atoms with Gasteiger partial charge in [0.05, 0.1) is 5.92 Å². The number of carbonyl (C=O) groups excluding carboxylic acids is 1. The summed E-state index contributed by atoms with van der Waals surface area (Å²) in [5.41, 5.74) is 3.27. The van der Waals surface area contributed by atoms with Gasteiger partial charge in [0.2, 0.25) is 0 Å². The highest BCUT2D eigenvalue weighted by Gasteiger charge is 2.38. The number of amides is 1. The number of carbonyl (C=O) groups is 2. The highest BCUT2D eigenvalue weighted by molar-refractivity contribution is 5.95. The predicted octanol–water partition coefficient (Wildman–Crippen LogP) is 3.13. The molecule has 1 aromatic heterocycles. The number of benzene rings is 1. The molecule has 2 aliphatic carbocycles. The Morgan fingerprint density at radius 3 is 2.75 bits per heavy atom. The third-order valence-corrected chi connectivity index (χ3v) is 5.60. The lowest BCUT2D eigenvalue weighted by Gasteiger charge is -2.23. The minimum Gasteiger partial charge on any atom is -0.481 e. The Hall–Kier alpha value is -2.70. The summed E-state index contributed by atoms with van der Waals surface area (Å²) >= 11 is 0. The summed E-state index contributed by atoms with van der Waals surface area (Å²) in [6.07, 6.45) is 4.14.